The number of Topliss-reactive ketones (excluding diaryl/α,β-unsaturated/α-hetero) is 1. The van der Waals surface area contributed by atoms with E-state index in [2.05, 4.69) is 49.8 Å². The average Bonchev–Trinajstić information content (AvgIpc) is 3.16. The quantitative estimate of drug-likeness (QED) is 0.466. The molecule has 0 saturated carbocycles. The van der Waals surface area contributed by atoms with Crippen LogP contribution in [0.1, 0.15) is 79.2 Å². The SMILES string of the molecule is CCOc1cc2c(nc1C(=O)NC)C(=N)N(CC(=O)c1cc(N(CC)CC)c(OC)c(C(C)(C)C)c1)C2. The Kier molecular flexibility index (Phi) is 8.46. The van der Waals surface area contributed by atoms with Gasteiger partial charge in [-0.3, -0.25) is 15.0 Å². The Hall–Kier alpha value is -3.62. The summed E-state index contributed by atoms with van der Waals surface area (Å²) in [5.41, 5.74) is 3.46. The molecule has 0 fully saturated rings. The zero-order chi connectivity index (χ0) is 27.5. The smallest absolute Gasteiger partial charge is 0.273 e. The average molecular weight is 510 g/mol. The number of anilines is 1. The number of carbonyl (C=O) groups is 2. The van der Waals surface area contributed by atoms with Gasteiger partial charge in [0.15, 0.2) is 17.2 Å². The number of amidine groups is 1. The van der Waals surface area contributed by atoms with Crippen LogP contribution in [0.3, 0.4) is 0 Å². The van der Waals surface area contributed by atoms with Gasteiger partial charge >= 0.3 is 0 Å². The maximum atomic E-state index is 13.6. The molecule has 1 aliphatic rings. The van der Waals surface area contributed by atoms with Crippen molar-refractivity contribution in [2.45, 2.75) is 53.5 Å². The Morgan fingerprint density at radius 2 is 1.84 bits per heavy atom. The number of rotatable bonds is 10. The van der Waals surface area contributed by atoms with Crippen molar-refractivity contribution in [3.05, 3.63) is 46.3 Å². The number of pyridine rings is 1. The predicted molar refractivity (Wildman–Crippen MR) is 146 cm³/mol. The fourth-order valence-corrected chi connectivity index (χ4v) is 4.59. The maximum Gasteiger partial charge on any atom is 0.273 e. The highest BCUT2D eigenvalue weighted by Gasteiger charge is 2.32. The van der Waals surface area contributed by atoms with Crippen molar-refractivity contribution in [2.75, 3.05) is 45.3 Å². The monoisotopic (exact) mass is 509 g/mol. The molecule has 9 nitrogen and oxygen atoms in total. The summed E-state index contributed by atoms with van der Waals surface area (Å²) < 4.78 is 11.5. The molecule has 2 N–H and O–H groups in total. The van der Waals surface area contributed by atoms with Gasteiger partial charge in [-0.15, -0.1) is 0 Å². The van der Waals surface area contributed by atoms with Crippen molar-refractivity contribution in [3.63, 3.8) is 0 Å². The lowest BCUT2D eigenvalue weighted by molar-refractivity contribution is 0.0949. The number of hydrogen-bond donors (Lipinski definition) is 2. The Morgan fingerprint density at radius 1 is 1.16 bits per heavy atom. The van der Waals surface area contributed by atoms with E-state index in [-0.39, 0.29) is 35.2 Å². The van der Waals surface area contributed by atoms with E-state index in [0.29, 0.717) is 30.2 Å². The standard InChI is InChI=1S/C28H39N5O4/c1-9-32(10-2)20-13-17(12-19(25(20)36-8)28(4,5)6)21(34)16-33-15-18-14-22(37-11-3)24(27(35)30-7)31-23(18)26(33)29/h12-14,29H,9-11,15-16H2,1-8H3,(H,30,35). The lowest BCUT2D eigenvalue weighted by atomic mass is 9.84. The first kappa shape index (κ1) is 28.0. The van der Waals surface area contributed by atoms with Crippen LogP contribution in [-0.2, 0) is 12.0 Å². The van der Waals surface area contributed by atoms with Crippen LogP contribution in [0.4, 0.5) is 5.69 Å². The molecule has 0 saturated heterocycles. The summed E-state index contributed by atoms with van der Waals surface area (Å²) in [7, 11) is 3.19. The molecular weight excluding hydrogens is 470 g/mol. The van der Waals surface area contributed by atoms with Gasteiger partial charge in [0.1, 0.15) is 17.3 Å². The Labute approximate surface area is 219 Å². The second-order valence-electron chi connectivity index (χ2n) is 9.98. The van der Waals surface area contributed by atoms with Gasteiger partial charge in [-0.1, -0.05) is 20.8 Å². The fourth-order valence-electron chi connectivity index (χ4n) is 4.59. The molecule has 2 heterocycles. The first-order chi connectivity index (χ1) is 17.5. The molecule has 200 valence electrons. The molecule has 0 atom stereocenters. The summed E-state index contributed by atoms with van der Waals surface area (Å²) in [5, 5.41) is 11.3. The molecule has 9 heteroatoms. The third kappa shape index (κ3) is 5.55. The first-order valence-corrected chi connectivity index (χ1v) is 12.7. The van der Waals surface area contributed by atoms with E-state index in [4.69, 9.17) is 14.9 Å². The van der Waals surface area contributed by atoms with Crippen molar-refractivity contribution in [2.24, 2.45) is 0 Å². The summed E-state index contributed by atoms with van der Waals surface area (Å²) in [6.07, 6.45) is 0. The number of benzene rings is 1. The molecule has 0 aliphatic carbocycles. The minimum Gasteiger partial charge on any atom is -0.494 e. The van der Waals surface area contributed by atoms with Gasteiger partial charge in [-0.25, -0.2) is 4.98 Å². The second kappa shape index (κ2) is 11.2. The Balaban J connectivity index is 1.98. The lowest BCUT2D eigenvalue weighted by Gasteiger charge is -2.30. The molecule has 1 aromatic carbocycles. The number of carbonyl (C=O) groups excluding carboxylic acids is 2. The van der Waals surface area contributed by atoms with Crippen LogP contribution >= 0.6 is 0 Å². The molecule has 1 amide bonds. The summed E-state index contributed by atoms with van der Waals surface area (Å²) in [4.78, 5) is 34.3. The van der Waals surface area contributed by atoms with Crippen molar-refractivity contribution in [1.29, 1.82) is 5.41 Å². The minimum atomic E-state index is -0.384. The van der Waals surface area contributed by atoms with Gasteiger partial charge in [-0.05, 0) is 44.4 Å². The van der Waals surface area contributed by atoms with Gasteiger partial charge in [0, 0.05) is 43.4 Å². The fraction of sp³-hybridized carbons (Fsp3) is 0.500. The molecule has 0 unspecified atom stereocenters. The first-order valence-electron chi connectivity index (χ1n) is 12.7. The third-order valence-electron chi connectivity index (χ3n) is 6.55. The number of fused-ring (bicyclic) bond motifs is 1. The number of methoxy groups -OCH3 is 1. The van der Waals surface area contributed by atoms with Gasteiger partial charge in [0.25, 0.3) is 5.91 Å². The molecule has 37 heavy (non-hydrogen) atoms. The maximum absolute atomic E-state index is 13.6. The third-order valence-corrected chi connectivity index (χ3v) is 6.55. The van der Waals surface area contributed by atoms with Crippen LogP contribution in [0, 0.1) is 5.41 Å². The zero-order valence-corrected chi connectivity index (χ0v) is 23.2. The number of aromatic nitrogens is 1. The van der Waals surface area contributed by atoms with Crippen LogP contribution in [0.25, 0.3) is 0 Å². The van der Waals surface area contributed by atoms with Crippen LogP contribution in [0.15, 0.2) is 18.2 Å². The number of ketones is 1. The molecule has 3 rings (SSSR count). The van der Waals surface area contributed by atoms with E-state index in [1.807, 2.05) is 19.1 Å². The van der Waals surface area contributed by atoms with Crippen LogP contribution < -0.4 is 19.7 Å². The van der Waals surface area contributed by atoms with E-state index in [0.717, 1.165) is 35.7 Å². The number of ether oxygens (including phenoxy) is 2. The predicted octanol–water partition coefficient (Wildman–Crippen LogP) is 4.02. The zero-order valence-electron chi connectivity index (χ0n) is 23.2. The number of amides is 1. The highest BCUT2D eigenvalue weighted by atomic mass is 16.5. The van der Waals surface area contributed by atoms with Gasteiger partial charge in [-0.2, -0.15) is 0 Å². The van der Waals surface area contributed by atoms with Gasteiger partial charge < -0.3 is 24.6 Å². The second-order valence-corrected chi connectivity index (χ2v) is 9.98. The van der Waals surface area contributed by atoms with Crippen LogP contribution in [-0.4, -0.2) is 67.8 Å². The van der Waals surface area contributed by atoms with Gasteiger partial charge in [0.2, 0.25) is 0 Å². The molecule has 0 radical (unpaired) electrons. The topological polar surface area (TPSA) is 108 Å². The molecule has 2 aromatic rings. The molecule has 0 spiro atoms. The van der Waals surface area contributed by atoms with E-state index < -0.39 is 0 Å². The van der Waals surface area contributed by atoms with E-state index >= 15 is 0 Å². The summed E-state index contributed by atoms with van der Waals surface area (Å²) in [6.45, 7) is 14.6. The Bertz CT molecular complexity index is 1200. The molecule has 1 aliphatic heterocycles. The van der Waals surface area contributed by atoms with E-state index in [1.165, 1.54) is 7.05 Å². The van der Waals surface area contributed by atoms with Crippen molar-refractivity contribution >= 4 is 23.2 Å². The molecule has 0 bridgehead atoms. The summed E-state index contributed by atoms with van der Waals surface area (Å²) in [5.74, 6) is 0.782. The number of nitrogens with zero attached hydrogens (tertiary/aromatic N) is 3. The Morgan fingerprint density at radius 3 is 2.38 bits per heavy atom. The van der Waals surface area contributed by atoms with Crippen molar-refractivity contribution in [1.82, 2.24) is 15.2 Å². The molecular formula is C28H39N5O4. The molecule has 1 aromatic heterocycles. The lowest BCUT2D eigenvalue weighted by Crippen LogP contribution is -2.31. The van der Waals surface area contributed by atoms with Crippen molar-refractivity contribution in [3.8, 4) is 11.5 Å². The van der Waals surface area contributed by atoms with E-state index in [9.17, 15) is 9.59 Å². The summed E-state index contributed by atoms with van der Waals surface area (Å²) in [6, 6.07) is 5.56. The summed E-state index contributed by atoms with van der Waals surface area (Å²) >= 11 is 0. The largest absolute Gasteiger partial charge is 0.494 e. The minimum absolute atomic E-state index is 0.0159. The van der Waals surface area contributed by atoms with Crippen LogP contribution in [0.2, 0.25) is 0 Å². The number of nitrogens with one attached hydrogen (secondary N) is 2. The van der Waals surface area contributed by atoms with E-state index in [1.54, 1.807) is 18.1 Å². The van der Waals surface area contributed by atoms with Gasteiger partial charge in [0.05, 0.1) is 25.9 Å². The highest BCUT2D eigenvalue weighted by Crippen LogP contribution is 2.40. The highest BCUT2D eigenvalue weighted by molar-refractivity contribution is 6.06. The van der Waals surface area contributed by atoms with Crippen LogP contribution in [0.5, 0.6) is 11.5 Å². The number of hydrogen-bond acceptors (Lipinski definition) is 7. The normalized spacial score (nSPS) is 12.9. The van der Waals surface area contributed by atoms with Crippen molar-refractivity contribution < 1.29 is 19.1 Å².